The van der Waals surface area contributed by atoms with Crippen LogP contribution < -0.4 is 0 Å². The van der Waals surface area contributed by atoms with E-state index in [4.69, 9.17) is 4.74 Å². The molecule has 0 amide bonds. The molecule has 0 aromatic rings. The zero-order valence-electron chi connectivity index (χ0n) is 7.84. The molecule has 0 aromatic heterocycles. The van der Waals surface area contributed by atoms with E-state index in [0.29, 0.717) is 0 Å². The number of hydrogen-bond donors (Lipinski definition) is 0. The van der Waals surface area contributed by atoms with E-state index < -0.39 is 0 Å². The third-order valence-corrected chi connectivity index (χ3v) is 1.92. The summed E-state index contributed by atoms with van der Waals surface area (Å²) < 4.78 is 5.50. The molecule has 12 heavy (non-hydrogen) atoms. The molecule has 0 atom stereocenters. The summed E-state index contributed by atoms with van der Waals surface area (Å²) in [4.78, 5) is 0. The van der Waals surface area contributed by atoms with Gasteiger partial charge in [0, 0.05) is 0 Å². The quantitative estimate of drug-likeness (QED) is 0.578. The molecule has 0 radical (unpaired) electrons. The van der Waals surface area contributed by atoms with Gasteiger partial charge in [-0.15, -0.1) is 0 Å². The standard InChI is InChI=1S/C11H16O/c1-3-5-7-10-8-6-9-12-11(10)4-2/h3-5,7H,6,8-9H2,1-2H3/b5-3-,10-7-,11-4+. The Balaban J connectivity index is 2.71. The van der Waals surface area contributed by atoms with Crippen molar-refractivity contribution in [3.63, 3.8) is 0 Å². The minimum atomic E-state index is 0.868. The molecule has 0 aromatic carbocycles. The maximum atomic E-state index is 5.50. The third-order valence-electron chi connectivity index (χ3n) is 1.92. The van der Waals surface area contributed by atoms with Gasteiger partial charge < -0.3 is 4.74 Å². The smallest absolute Gasteiger partial charge is 0.118 e. The lowest BCUT2D eigenvalue weighted by Crippen LogP contribution is -2.05. The van der Waals surface area contributed by atoms with Gasteiger partial charge in [0.05, 0.1) is 6.61 Å². The van der Waals surface area contributed by atoms with E-state index in [9.17, 15) is 0 Å². The lowest BCUT2D eigenvalue weighted by Gasteiger charge is -2.18. The summed E-state index contributed by atoms with van der Waals surface area (Å²) >= 11 is 0. The number of hydrogen-bond acceptors (Lipinski definition) is 1. The van der Waals surface area contributed by atoms with Crippen molar-refractivity contribution in [2.45, 2.75) is 26.7 Å². The maximum Gasteiger partial charge on any atom is 0.118 e. The molecule has 1 aliphatic rings. The van der Waals surface area contributed by atoms with Crippen LogP contribution in [0.5, 0.6) is 0 Å². The van der Waals surface area contributed by atoms with E-state index in [1.165, 1.54) is 5.57 Å². The van der Waals surface area contributed by atoms with Crippen molar-refractivity contribution >= 4 is 0 Å². The summed E-state index contributed by atoms with van der Waals surface area (Å²) in [5.74, 6) is 1.05. The first-order valence-electron chi connectivity index (χ1n) is 4.50. The Labute approximate surface area is 74.4 Å². The zero-order valence-corrected chi connectivity index (χ0v) is 7.84. The highest BCUT2D eigenvalue weighted by Gasteiger charge is 2.10. The van der Waals surface area contributed by atoms with Gasteiger partial charge in [-0.05, 0) is 38.3 Å². The molecule has 0 unspecified atom stereocenters. The van der Waals surface area contributed by atoms with E-state index in [2.05, 4.69) is 12.2 Å². The average Bonchev–Trinajstić information content (AvgIpc) is 2.15. The van der Waals surface area contributed by atoms with Gasteiger partial charge in [0.2, 0.25) is 0 Å². The predicted octanol–water partition coefficient (Wildman–Crippen LogP) is 3.20. The summed E-state index contributed by atoms with van der Waals surface area (Å²) in [7, 11) is 0. The summed E-state index contributed by atoms with van der Waals surface area (Å²) in [6.45, 7) is 4.91. The van der Waals surface area contributed by atoms with Crippen molar-refractivity contribution < 1.29 is 4.74 Å². The van der Waals surface area contributed by atoms with E-state index in [1.54, 1.807) is 0 Å². The van der Waals surface area contributed by atoms with Crippen LogP contribution in [0.2, 0.25) is 0 Å². The molecule has 1 rings (SSSR count). The van der Waals surface area contributed by atoms with Crippen LogP contribution in [-0.4, -0.2) is 6.61 Å². The summed E-state index contributed by atoms with van der Waals surface area (Å²) in [6, 6.07) is 0. The molecule has 0 saturated carbocycles. The van der Waals surface area contributed by atoms with Gasteiger partial charge in [-0.3, -0.25) is 0 Å². The second-order valence-electron chi connectivity index (χ2n) is 2.82. The molecule has 1 saturated heterocycles. The largest absolute Gasteiger partial charge is 0.494 e. The van der Waals surface area contributed by atoms with Gasteiger partial charge in [-0.25, -0.2) is 0 Å². The molecule has 66 valence electrons. The van der Waals surface area contributed by atoms with Crippen LogP contribution >= 0.6 is 0 Å². The first-order valence-corrected chi connectivity index (χ1v) is 4.50. The molecule has 1 fully saturated rings. The minimum Gasteiger partial charge on any atom is -0.494 e. The van der Waals surface area contributed by atoms with Crippen LogP contribution in [0.4, 0.5) is 0 Å². The Morgan fingerprint density at radius 2 is 2.17 bits per heavy atom. The molecule has 0 N–H and O–H groups in total. The van der Waals surface area contributed by atoms with Crippen LogP contribution in [0.3, 0.4) is 0 Å². The summed E-state index contributed by atoms with van der Waals surface area (Å²) in [5, 5.41) is 0. The lowest BCUT2D eigenvalue weighted by atomic mass is 10.1. The van der Waals surface area contributed by atoms with E-state index in [1.807, 2.05) is 26.0 Å². The third kappa shape index (κ3) is 2.26. The molecular weight excluding hydrogens is 148 g/mol. The monoisotopic (exact) mass is 164 g/mol. The van der Waals surface area contributed by atoms with Crippen LogP contribution in [0.1, 0.15) is 26.7 Å². The average molecular weight is 164 g/mol. The topological polar surface area (TPSA) is 9.23 Å². The fraction of sp³-hybridized carbons (Fsp3) is 0.455. The van der Waals surface area contributed by atoms with Crippen molar-refractivity contribution in [3.05, 3.63) is 35.6 Å². The maximum absolute atomic E-state index is 5.50. The van der Waals surface area contributed by atoms with Crippen molar-refractivity contribution in [2.75, 3.05) is 6.61 Å². The van der Waals surface area contributed by atoms with Crippen molar-refractivity contribution in [1.82, 2.24) is 0 Å². The molecule has 1 aliphatic heterocycles. The number of allylic oxidation sites excluding steroid dienone is 5. The first kappa shape index (κ1) is 9.11. The van der Waals surface area contributed by atoms with Gasteiger partial charge in [0.15, 0.2) is 0 Å². The fourth-order valence-electron chi connectivity index (χ4n) is 1.31. The van der Waals surface area contributed by atoms with Crippen molar-refractivity contribution in [3.8, 4) is 0 Å². The lowest BCUT2D eigenvalue weighted by molar-refractivity contribution is 0.193. The van der Waals surface area contributed by atoms with E-state index in [-0.39, 0.29) is 0 Å². The SMILES string of the molecule is C\C=C/C=C1/CCCO/C1=C/C. The second kappa shape index (κ2) is 4.81. The van der Waals surface area contributed by atoms with E-state index in [0.717, 1.165) is 25.2 Å². The molecule has 1 heterocycles. The normalized spacial score (nSPS) is 25.2. The van der Waals surface area contributed by atoms with Crippen LogP contribution in [0.25, 0.3) is 0 Å². The van der Waals surface area contributed by atoms with Gasteiger partial charge >= 0.3 is 0 Å². The highest BCUT2D eigenvalue weighted by atomic mass is 16.5. The zero-order chi connectivity index (χ0) is 8.81. The van der Waals surface area contributed by atoms with Crippen LogP contribution in [-0.2, 0) is 4.74 Å². The molecule has 0 spiro atoms. The summed E-state index contributed by atoms with van der Waals surface area (Å²) in [6.07, 6.45) is 10.6. The Hall–Kier alpha value is -0.980. The van der Waals surface area contributed by atoms with Crippen molar-refractivity contribution in [2.24, 2.45) is 0 Å². The molecular formula is C11H16O. The van der Waals surface area contributed by atoms with Crippen LogP contribution in [0.15, 0.2) is 35.6 Å². The predicted molar refractivity (Wildman–Crippen MR) is 51.8 cm³/mol. The Morgan fingerprint density at radius 1 is 1.33 bits per heavy atom. The van der Waals surface area contributed by atoms with Gasteiger partial charge in [0.1, 0.15) is 5.76 Å². The highest BCUT2D eigenvalue weighted by molar-refractivity contribution is 5.30. The molecule has 0 aliphatic carbocycles. The highest BCUT2D eigenvalue weighted by Crippen LogP contribution is 2.22. The summed E-state index contributed by atoms with van der Waals surface area (Å²) in [5.41, 5.74) is 1.32. The second-order valence-corrected chi connectivity index (χ2v) is 2.82. The Morgan fingerprint density at radius 3 is 2.83 bits per heavy atom. The number of ether oxygens (including phenoxy) is 1. The van der Waals surface area contributed by atoms with Gasteiger partial charge in [-0.2, -0.15) is 0 Å². The van der Waals surface area contributed by atoms with Crippen LogP contribution in [0, 0.1) is 0 Å². The molecule has 0 bridgehead atoms. The molecule has 1 nitrogen and oxygen atoms in total. The van der Waals surface area contributed by atoms with Gasteiger partial charge in [-0.1, -0.05) is 18.2 Å². The Kier molecular flexibility index (Phi) is 3.65. The van der Waals surface area contributed by atoms with Gasteiger partial charge in [0.25, 0.3) is 0 Å². The first-order chi connectivity index (χ1) is 5.88. The minimum absolute atomic E-state index is 0.868. The van der Waals surface area contributed by atoms with Crippen molar-refractivity contribution in [1.29, 1.82) is 0 Å². The number of rotatable bonds is 1. The Bertz CT molecular complexity index is 221. The van der Waals surface area contributed by atoms with E-state index >= 15 is 0 Å². The fourth-order valence-corrected chi connectivity index (χ4v) is 1.31. The molecule has 1 heteroatoms.